The highest BCUT2D eigenvalue weighted by Gasteiger charge is 2.36. The van der Waals surface area contributed by atoms with Crippen molar-refractivity contribution < 1.29 is 23.5 Å². The van der Waals surface area contributed by atoms with Crippen molar-refractivity contribution in [3.8, 4) is 5.75 Å². The Hall–Kier alpha value is -3.02. The normalized spacial score (nSPS) is 17.0. The summed E-state index contributed by atoms with van der Waals surface area (Å²) in [5.41, 5.74) is 0.801. The molecule has 0 saturated carbocycles. The molecule has 1 heterocycles. The molecule has 1 aliphatic rings. The van der Waals surface area contributed by atoms with Gasteiger partial charge < -0.3 is 9.64 Å². The van der Waals surface area contributed by atoms with Crippen molar-refractivity contribution in [1.82, 2.24) is 0 Å². The number of halogens is 1. The number of nitrogens with zero attached hydrogens (tertiary/aromatic N) is 1. The fourth-order valence-electron chi connectivity index (χ4n) is 2.60. The molecule has 0 aliphatic carbocycles. The Kier molecular flexibility index (Phi) is 4.37. The van der Waals surface area contributed by atoms with E-state index in [0.717, 1.165) is 0 Å². The molecule has 0 unspecified atom stereocenters. The zero-order valence-electron chi connectivity index (χ0n) is 12.6. The van der Waals surface area contributed by atoms with Gasteiger partial charge in [-0.25, -0.2) is 4.39 Å². The molecule has 3 rings (SSSR count). The van der Waals surface area contributed by atoms with E-state index in [1.807, 2.05) is 0 Å². The molecule has 1 fully saturated rings. The van der Waals surface area contributed by atoms with Gasteiger partial charge in [0, 0.05) is 18.7 Å². The number of carbonyl (C=O) groups excluding carboxylic acids is 3. The molecule has 0 spiro atoms. The molecule has 1 aliphatic heterocycles. The molecule has 5 nitrogen and oxygen atoms in total. The first-order valence-corrected chi connectivity index (χ1v) is 7.40. The van der Waals surface area contributed by atoms with Crippen LogP contribution in [0.2, 0.25) is 0 Å². The minimum absolute atomic E-state index is 0.0134. The number of hydrogen-bond donors (Lipinski definition) is 0. The number of rotatable bonds is 4. The third-order valence-corrected chi connectivity index (χ3v) is 3.85. The highest BCUT2D eigenvalue weighted by atomic mass is 19.1. The maximum absolute atomic E-state index is 13.0. The Bertz CT molecular complexity index is 788. The average Bonchev–Trinajstić information content (AvgIpc) is 2.98. The van der Waals surface area contributed by atoms with Crippen molar-refractivity contribution >= 4 is 23.9 Å². The average molecular weight is 327 g/mol. The van der Waals surface area contributed by atoms with Crippen LogP contribution in [0.1, 0.15) is 16.8 Å². The van der Waals surface area contributed by atoms with Gasteiger partial charge in [0.1, 0.15) is 11.6 Å². The largest absolute Gasteiger partial charge is 0.425 e. The van der Waals surface area contributed by atoms with Crippen LogP contribution in [0, 0.1) is 11.7 Å². The second kappa shape index (κ2) is 6.62. The number of amides is 1. The van der Waals surface area contributed by atoms with Gasteiger partial charge in [-0.3, -0.25) is 14.4 Å². The first kappa shape index (κ1) is 15.9. The summed E-state index contributed by atoms with van der Waals surface area (Å²) >= 11 is 0. The molecule has 0 aromatic heterocycles. The van der Waals surface area contributed by atoms with Crippen LogP contribution in [0.15, 0.2) is 48.5 Å². The molecule has 2 aromatic rings. The van der Waals surface area contributed by atoms with Crippen LogP contribution in [-0.4, -0.2) is 24.7 Å². The maximum Gasteiger partial charge on any atom is 0.316 e. The van der Waals surface area contributed by atoms with Gasteiger partial charge >= 0.3 is 5.97 Å². The predicted octanol–water partition coefficient (Wildman–Crippen LogP) is 2.60. The first-order valence-electron chi connectivity index (χ1n) is 7.40. The molecule has 0 bridgehead atoms. The Morgan fingerprint density at radius 2 is 1.88 bits per heavy atom. The van der Waals surface area contributed by atoms with Crippen molar-refractivity contribution in [1.29, 1.82) is 0 Å². The van der Waals surface area contributed by atoms with Gasteiger partial charge in [0.15, 0.2) is 6.29 Å². The van der Waals surface area contributed by atoms with Crippen molar-refractivity contribution in [3.63, 3.8) is 0 Å². The molecular weight excluding hydrogens is 313 g/mol. The Balaban J connectivity index is 1.72. The van der Waals surface area contributed by atoms with Gasteiger partial charge in [0.2, 0.25) is 5.91 Å². The van der Waals surface area contributed by atoms with Crippen LogP contribution in [0.4, 0.5) is 10.1 Å². The van der Waals surface area contributed by atoms with Crippen molar-refractivity contribution in [2.45, 2.75) is 6.42 Å². The second-order valence-corrected chi connectivity index (χ2v) is 5.46. The third kappa shape index (κ3) is 3.17. The van der Waals surface area contributed by atoms with E-state index >= 15 is 0 Å². The van der Waals surface area contributed by atoms with Gasteiger partial charge in [-0.05, 0) is 36.4 Å². The summed E-state index contributed by atoms with van der Waals surface area (Å²) in [4.78, 5) is 36.8. The zero-order valence-corrected chi connectivity index (χ0v) is 12.6. The summed E-state index contributed by atoms with van der Waals surface area (Å²) < 4.78 is 18.2. The topological polar surface area (TPSA) is 63.7 Å². The lowest BCUT2D eigenvalue weighted by atomic mass is 10.1. The van der Waals surface area contributed by atoms with Crippen molar-refractivity contribution in [3.05, 3.63) is 59.9 Å². The molecule has 122 valence electrons. The van der Waals surface area contributed by atoms with Crippen molar-refractivity contribution in [2.24, 2.45) is 5.92 Å². The summed E-state index contributed by atoms with van der Waals surface area (Å²) in [6.45, 7) is 0.159. The van der Waals surface area contributed by atoms with Gasteiger partial charge in [0.05, 0.1) is 11.5 Å². The summed E-state index contributed by atoms with van der Waals surface area (Å²) in [6.07, 6.45) is 0.618. The van der Waals surface area contributed by atoms with Gasteiger partial charge in [0.25, 0.3) is 0 Å². The van der Waals surface area contributed by atoms with Crippen LogP contribution in [0.5, 0.6) is 5.75 Å². The third-order valence-electron chi connectivity index (χ3n) is 3.85. The molecule has 6 heteroatoms. The number of aldehydes is 1. The summed E-state index contributed by atoms with van der Waals surface area (Å²) in [5, 5.41) is 0. The lowest BCUT2D eigenvalue weighted by molar-refractivity contribution is -0.139. The van der Waals surface area contributed by atoms with Gasteiger partial charge in [-0.15, -0.1) is 0 Å². The van der Waals surface area contributed by atoms with Gasteiger partial charge in [-0.1, -0.05) is 12.1 Å². The van der Waals surface area contributed by atoms with E-state index in [4.69, 9.17) is 4.74 Å². The van der Waals surface area contributed by atoms with Crippen LogP contribution >= 0.6 is 0 Å². The Morgan fingerprint density at radius 3 is 2.58 bits per heavy atom. The number of hydrogen-bond acceptors (Lipinski definition) is 4. The van der Waals surface area contributed by atoms with Crippen LogP contribution in [-0.2, 0) is 9.59 Å². The van der Waals surface area contributed by atoms with E-state index < -0.39 is 17.7 Å². The van der Waals surface area contributed by atoms with E-state index in [1.165, 1.54) is 35.2 Å². The summed E-state index contributed by atoms with van der Waals surface area (Å²) in [5.74, 6) is -1.66. The standard InChI is InChI=1S/C18H14FNO4/c19-14-5-7-15(8-6-14)20-10-13(9-17(20)22)18(23)24-16-4-2-1-3-12(16)11-21/h1-8,11,13H,9-10H2/t13-/m0/s1. The fourth-order valence-corrected chi connectivity index (χ4v) is 2.60. The Labute approximate surface area is 137 Å². The molecule has 0 N–H and O–H groups in total. The zero-order chi connectivity index (χ0) is 17.1. The van der Waals surface area contributed by atoms with E-state index in [9.17, 15) is 18.8 Å². The SMILES string of the molecule is O=Cc1ccccc1OC(=O)[C@H]1CC(=O)N(c2ccc(F)cc2)C1. The predicted molar refractivity (Wildman–Crippen MR) is 84.3 cm³/mol. The molecule has 0 radical (unpaired) electrons. The molecule has 24 heavy (non-hydrogen) atoms. The number of anilines is 1. The number of benzene rings is 2. The lowest BCUT2D eigenvalue weighted by Gasteiger charge is -2.16. The quantitative estimate of drug-likeness (QED) is 0.492. The van der Waals surface area contributed by atoms with Gasteiger partial charge in [-0.2, -0.15) is 0 Å². The molecule has 1 saturated heterocycles. The second-order valence-electron chi connectivity index (χ2n) is 5.46. The van der Waals surface area contributed by atoms with E-state index in [-0.39, 0.29) is 30.2 Å². The first-order chi connectivity index (χ1) is 11.6. The highest BCUT2D eigenvalue weighted by Crippen LogP contribution is 2.27. The number of carbonyl (C=O) groups is 3. The minimum atomic E-state index is -0.637. The molecular formula is C18H14FNO4. The number of esters is 1. The monoisotopic (exact) mass is 327 g/mol. The smallest absolute Gasteiger partial charge is 0.316 e. The fraction of sp³-hybridized carbons (Fsp3) is 0.167. The van der Waals surface area contributed by atoms with Crippen LogP contribution < -0.4 is 9.64 Å². The minimum Gasteiger partial charge on any atom is -0.425 e. The summed E-state index contributed by atoms with van der Waals surface area (Å²) in [7, 11) is 0. The maximum atomic E-state index is 13.0. The molecule has 1 amide bonds. The van der Waals surface area contributed by atoms with Crippen LogP contribution in [0.25, 0.3) is 0 Å². The lowest BCUT2D eigenvalue weighted by Crippen LogP contribution is -2.27. The van der Waals surface area contributed by atoms with E-state index in [1.54, 1.807) is 18.2 Å². The molecule has 1 atom stereocenters. The van der Waals surface area contributed by atoms with E-state index in [0.29, 0.717) is 12.0 Å². The Morgan fingerprint density at radius 1 is 1.17 bits per heavy atom. The molecule has 2 aromatic carbocycles. The van der Waals surface area contributed by atoms with Crippen molar-refractivity contribution in [2.75, 3.05) is 11.4 Å². The van der Waals surface area contributed by atoms with E-state index in [2.05, 4.69) is 0 Å². The highest BCUT2D eigenvalue weighted by molar-refractivity contribution is 5.99. The summed E-state index contributed by atoms with van der Waals surface area (Å²) in [6, 6.07) is 11.9. The number of ether oxygens (including phenoxy) is 1. The number of para-hydroxylation sites is 1. The van der Waals surface area contributed by atoms with Crippen LogP contribution in [0.3, 0.4) is 0 Å².